The summed E-state index contributed by atoms with van der Waals surface area (Å²) in [5, 5.41) is 3.60. The lowest BCUT2D eigenvalue weighted by molar-refractivity contribution is -0.139. The molecular weight excluding hydrogens is 604 g/mol. The molecule has 0 amide bonds. The molecule has 1 heterocycles. The minimum absolute atomic E-state index is 0.0525. The number of carbonyl (C=O) groups is 1. The van der Waals surface area contributed by atoms with E-state index < -0.39 is 6.04 Å². The number of ether oxygens (including phenoxy) is 1. The van der Waals surface area contributed by atoms with Gasteiger partial charge in [0.1, 0.15) is 0 Å². The van der Waals surface area contributed by atoms with E-state index in [4.69, 9.17) is 4.74 Å². The van der Waals surface area contributed by atoms with Gasteiger partial charge >= 0.3 is 5.97 Å². The van der Waals surface area contributed by atoms with Gasteiger partial charge in [0.15, 0.2) is 0 Å². The monoisotopic (exact) mass is 630 g/mol. The average molecular weight is 632 g/mol. The standard InChI is InChI=1S/C32H28Br2N2O2/c1-2-38-32(37)30-28(35-26-15-5-3-6-16-26)21-29(22-11-9-13-24(33)19-22)36(27-17-7-4-8-18-27)31(30)23-12-10-14-25(34)20-23/h3-20,29,31,35H,2,21H2,1H3. The van der Waals surface area contributed by atoms with Crippen molar-refractivity contribution in [3.05, 3.63) is 141 Å². The van der Waals surface area contributed by atoms with Crippen molar-refractivity contribution in [3.63, 3.8) is 0 Å². The Morgan fingerprint density at radius 1 is 0.842 bits per heavy atom. The van der Waals surface area contributed by atoms with Gasteiger partial charge in [-0.05, 0) is 66.6 Å². The predicted molar refractivity (Wildman–Crippen MR) is 161 cm³/mol. The van der Waals surface area contributed by atoms with Crippen LogP contribution in [-0.4, -0.2) is 12.6 Å². The molecular formula is C32H28Br2N2O2. The zero-order valence-corrected chi connectivity index (χ0v) is 24.2. The van der Waals surface area contributed by atoms with Gasteiger partial charge < -0.3 is 15.0 Å². The Balaban J connectivity index is 1.79. The topological polar surface area (TPSA) is 41.6 Å². The van der Waals surface area contributed by atoms with E-state index in [2.05, 4.69) is 84.5 Å². The maximum Gasteiger partial charge on any atom is 0.338 e. The van der Waals surface area contributed by atoms with Crippen LogP contribution in [-0.2, 0) is 9.53 Å². The first-order valence-electron chi connectivity index (χ1n) is 12.6. The molecule has 2 unspecified atom stereocenters. The SMILES string of the molecule is CCOC(=O)C1=C(Nc2ccccc2)CC(c2cccc(Br)c2)N(c2ccccc2)C1c1cccc(Br)c1. The molecule has 1 aliphatic rings. The minimum atomic E-state index is -0.391. The third-order valence-corrected chi connectivity index (χ3v) is 7.61. The molecule has 4 aromatic rings. The molecule has 1 N–H and O–H groups in total. The third kappa shape index (κ3) is 5.71. The second-order valence-corrected chi connectivity index (χ2v) is 10.9. The summed E-state index contributed by atoms with van der Waals surface area (Å²) in [7, 11) is 0. The average Bonchev–Trinajstić information content (AvgIpc) is 2.93. The highest BCUT2D eigenvalue weighted by Gasteiger charge is 2.41. The Bertz CT molecular complexity index is 1440. The van der Waals surface area contributed by atoms with Crippen LogP contribution in [0.5, 0.6) is 0 Å². The summed E-state index contributed by atoms with van der Waals surface area (Å²) in [5.41, 5.74) is 5.58. The molecule has 4 nitrogen and oxygen atoms in total. The van der Waals surface area contributed by atoms with Crippen molar-refractivity contribution in [1.29, 1.82) is 0 Å². The number of rotatable bonds is 7. The summed E-state index contributed by atoms with van der Waals surface area (Å²) in [4.78, 5) is 16.1. The molecule has 4 aromatic carbocycles. The van der Waals surface area contributed by atoms with E-state index in [1.54, 1.807) is 0 Å². The summed E-state index contributed by atoms with van der Waals surface area (Å²) in [6.07, 6.45) is 0.596. The largest absolute Gasteiger partial charge is 0.463 e. The maximum atomic E-state index is 13.8. The summed E-state index contributed by atoms with van der Waals surface area (Å²) < 4.78 is 7.66. The Labute approximate surface area is 240 Å². The number of benzene rings is 4. The van der Waals surface area contributed by atoms with Crippen molar-refractivity contribution < 1.29 is 9.53 Å². The van der Waals surface area contributed by atoms with E-state index >= 15 is 0 Å². The summed E-state index contributed by atoms with van der Waals surface area (Å²) >= 11 is 7.33. The number of halogens is 2. The van der Waals surface area contributed by atoms with Gasteiger partial charge in [-0.1, -0.05) is 92.5 Å². The van der Waals surface area contributed by atoms with Crippen LogP contribution in [0.4, 0.5) is 11.4 Å². The van der Waals surface area contributed by atoms with E-state index in [1.165, 1.54) is 0 Å². The zero-order valence-electron chi connectivity index (χ0n) is 21.0. The highest BCUT2D eigenvalue weighted by molar-refractivity contribution is 9.10. The predicted octanol–water partition coefficient (Wildman–Crippen LogP) is 8.83. The van der Waals surface area contributed by atoms with Gasteiger partial charge in [-0.2, -0.15) is 0 Å². The quantitative estimate of drug-likeness (QED) is 0.207. The first-order chi connectivity index (χ1) is 18.5. The molecule has 6 heteroatoms. The molecule has 0 bridgehead atoms. The van der Waals surface area contributed by atoms with Crippen molar-refractivity contribution in [1.82, 2.24) is 0 Å². The summed E-state index contributed by atoms with van der Waals surface area (Å²) in [6, 6.07) is 36.4. The van der Waals surface area contributed by atoms with Crippen molar-refractivity contribution in [2.45, 2.75) is 25.4 Å². The molecule has 5 rings (SSSR count). The number of hydrogen-bond donors (Lipinski definition) is 1. The fourth-order valence-electron chi connectivity index (χ4n) is 5.07. The minimum Gasteiger partial charge on any atom is -0.463 e. The lowest BCUT2D eigenvalue weighted by atomic mass is 9.84. The summed E-state index contributed by atoms with van der Waals surface area (Å²) in [6.45, 7) is 2.14. The normalized spacial score (nSPS) is 17.3. The highest BCUT2D eigenvalue weighted by Crippen LogP contribution is 2.48. The van der Waals surface area contributed by atoms with E-state index in [0.717, 1.165) is 37.1 Å². The lowest BCUT2D eigenvalue weighted by Gasteiger charge is -2.46. The van der Waals surface area contributed by atoms with E-state index in [9.17, 15) is 4.79 Å². The van der Waals surface area contributed by atoms with Crippen LogP contribution in [0.15, 0.2) is 129 Å². The van der Waals surface area contributed by atoms with Crippen molar-refractivity contribution in [3.8, 4) is 0 Å². The Hall–Kier alpha value is -3.35. The van der Waals surface area contributed by atoms with Crippen molar-refractivity contribution in [2.24, 2.45) is 0 Å². The number of esters is 1. The zero-order chi connectivity index (χ0) is 26.5. The fourth-order valence-corrected chi connectivity index (χ4v) is 5.90. The van der Waals surface area contributed by atoms with Crippen LogP contribution >= 0.6 is 31.9 Å². The molecule has 0 saturated heterocycles. The summed E-state index contributed by atoms with van der Waals surface area (Å²) in [5.74, 6) is -0.315. The lowest BCUT2D eigenvalue weighted by Crippen LogP contribution is -2.41. The van der Waals surface area contributed by atoms with Gasteiger partial charge in [-0.3, -0.25) is 0 Å². The smallest absolute Gasteiger partial charge is 0.338 e. The van der Waals surface area contributed by atoms with E-state index in [0.29, 0.717) is 18.6 Å². The van der Waals surface area contributed by atoms with Gasteiger partial charge in [0.25, 0.3) is 0 Å². The number of nitrogens with one attached hydrogen (secondary N) is 1. The van der Waals surface area contributed by atoms with Gasteiger partial charge in [0, 0.05) is 32.4 Å². The van der Waals surface area contributed by atoms with Gasteiger partial charge in [0.05, 0.1) is 24.3 Å². The molecule has 38 heavy (non-hydrogen) atoms. The molecule has 1 aliphatic heterocycles. The molecule has 192 valence electrons. The second-order valence-electron chi connectivity index (χ2n) is 9.08. The number of anilines is 2. The third-order valence-electron chi connectivity index (χ3n) is 6.63. The van der Waals surface area contributed by atoms with Gasteiger partial charge in [0.2, 0.25) is 0 Å². The van der Waals surface area contributed by atoms with E-state index in [1.807, 2.05) is 73.7 Å². The van der Waals surface area contributed by atoms with Crippen molar-refractivity contribution in [2.75, 3.05) is 16.8 Å². The number of carbonyl (C=O) groups excluding carboxylic acids is 1. The van der Waals surface area contributed by atoms with Crippen LogP contribution in [0, 0.1) is 0 Å². The Kier molecular flexibility index (Phi) is 8.30. The molecule has 2 atom stereocenters. The first-order valence-corrected chi connectivity index (χ1v) is 14.2. The molecule has 0 fully saturated rings. The second kappa shape index (κ2) is 12.0. The van der Waals surface area contributed by atoms with Crippen LogP contribution in [0.25, 0.3) is 0 Å². The fraction of sp³-hybridized carbons (Fsp3) is 0.156. The first kappa shape index (κ1) is 26.3. The number of para-hydroxylation sites is 2. The molecule has 0 radical (unpaired) electrons. The van der Waals surface area contributed by atoms with Gasteiger partial charge in [-0.15, -0.1) is 0 Å². The Morgan fingerprint density at radius 2 is 1.45 bits per heavy atom. The van der Waals surface area contributed by atoms with Crippen LogP contribution in [0.1, 0.15) is 36.6 Å². The highest BCUT2D eigenvalue weighted by atomic mass is 79.9. The molecule has 0 saturated carbocycles. The number of hydrogen-bond acceptors (Lipinski definition) is 4. The van der Waals surface area contributed by atoms with Crippen molar-refractivity contribution >= 4 is 49.2 Å². The maximum absolute atomic E-state index is 13.8. The van der Waals surface area contributed by atoms with Crippen LogP contribution in [0.2, 0.25) is 0 Å². The molecule has 0 spiro atoms. The van der Waals surface area contributed by atoms with Crippen LogP contribution < -0.4 is 10.2 Å². The molecule has 0 aromatic heterocycles. The van der Waals surface area contributed by atoms with Gasteiger partial charge in [-0.25, -0.2) is 4.79 Å². The Morgan fingerprint density at radius 3 is 2.08 bits per heavy atom. The van der Waals surface area contributed by atoms with E-state index in [-0.39, 0.29) is 12.0 Å². The number of nitrogens with zero attached hydrogens (tertiary/aromatic N) is 1. The molecule has 0 aliphatic carbocycles. The van der Waals surface area contributed by atoms with Crippen LogP contribution in [0.3, 0.4) is 0 Å².